The Kier molecular flexibility index (Phi) is 1.98. The van der Waals surface area contributed by atoms with Crippen LogP contribution >= 0.6 is 0 Å². The molecule has 0 aromatic heterocycles. The van der Waals surface area contributed by atoms with Crippen LogP contribution in [0.3, 0.4) is 0 Å². The van der Waals surface area contributed by atoms with E-state index in [4.69, 9.17) is 0 Å². The second-order valence-corrected chi connectivity index (χ2v) is 7.87. The highest BCUT2D eigenvalue weighted by atomic mass is 16.3. The largest absolute Gasteiger partial charge is 0.389 e. The minimum absolute atomic E-state index is 0.328. The molecule has 5 atom stereocenters. The Morgan fingerprint density at radius 1 is 1.06 bits per heavy atom. The second-order valence-electron chi connectivity index (χ2n) is 7.87. The first-order valence-electron chi connectivity index (χ1n) is 7.02. The van der Waals surface area contributed by atoms with E-state index >= 15 is 0 Å². The van der Waals surface area contributed by atoms with Crippen LogP contribution in [0.15, 0.2) is 0 Å². The lowest BCUT2D eigenvalue weighted by molar-refractivity contribution is -0.110. The van der Waals surface area contributed by atoms with Gasteiger partial charge in [-0.3, -0.25) is 0 Å². The van der Waals surface area contributed by atoms with Crippen molar-refractivity contribution < 1.29 is 5.11 Å². The molecular formula is C15H26O. The van der Waals surface area contributed by atoms with Crippen molar-refractivity contribution in [2.75, 3.05) is 0 Å². The van der Waals surface area contributed by atoms with Crippen LogP contribution in [0.1, 0.15) is 59.8 Å². The van der Waals surface area contributed by atoms with E-state index in [1.165, 1.54) is 25.7 Å². The Labute approximate surface area is 99.6 Å². The van der Waals surface area contributed by atoms with Crippen molar-refractivity contribution in [2.24, 2.45) is 28.6 Å². The van der Waals surface area contributed by atoms with Crippen LogP contribution < -0.4 is 0 Å². The monoisotopic (exact) mass is 222 g/mol. The van der Waals surface area contributed by atoms with E-state index in [9.17, 15) is 5.11 Å². The molecule has 0 amide bonds. The quantitative estimate of drug-likeness (QED) is 0.664. The van der Waals surface area contributed by atoms with Gasteiger partial charge in [0.05, 0.1) is 5.60 Å². The topological polar surface area (TPSA) is 20.2 Å². The van der Waals surface area contributed by atoms with Crippen LogP contribution in [0.5, 0.6) is 0 Å². The van der Waals surface area contributed by atoms with Gasteiger partial charge in [-0.1, -0.05) is 27.7 Å². The molecule has 3 rings (SSSR count). The van der Waals surface area contributed by atoms with Gasteiger partial charge in [-0.25, -0.2) is 0 Å². The molecule has 0 aliphatic heterocycles. The zero-order chi connectivity index (χ0) is 11.8. The second kappa shape index (κ2) is 2.85. The maximum absolute atomic E-state index is 11.1. The fourth-order valence-corrected chi connectivity index (χ4v) is 5.85. The zero-order valence-corrected chi connectivity index (χ0v) is 11.2. The maximum atomic E-state index is 11.1. The molecule has 0 radical (unpaired) electrons. The summed E-state index contributed by atoms with van der Waals surface area (Å²) in [4.78, 5) is 0. The van der Waals surface area contributed by atoms with Crippen LogP contribution in [-0.2, 0) is 0 Å². The van der Waals surface area contributed by atoms with Crippen molar-refractivity contribution in [3.63, 3.8) is 0 Å². The lowest BCUT2D eigenvalue weighted by Gasteiger charge is -2.47. The SMILES string of the molecule is CC1CCC2C3C(C)(CCC13O)CC2(C)C. The van der Waals surface area contributed by atoms with Crippen molar-refractivity contribution in [1.29, 1.82) is 0 Å². The molecule has 16 heavy (non-hydrogen) atoms. The van der Waals surface area contributed by atoms with Crippen molar-refractivity contribution in [3.8, 4) is 0 Å². The molecule has 3 aliphatic rings. The lowest BCUT2D eigenvalue weighted by Crippen LogP contribution is -2.49. The van der Waals surface area contributed by atoms with Gasteiger partial charge in [-0.2, -0.15) is 0 Å². The van der Waals surface area contributed by atoms with Gasteiger partial charge in [0, 0.05) is 0 Å². The molecular weight excluding hydrogens is 196 g/mol. The fourth-order valence-electron chi connectivity index (χ4n) is 5.85. The van der Waals surface area contributed by atoms with Gasteiger partial charge >= 0.3 is 0 Å². The Balaban J connectivity index is 2.07. The fraction of sp³-hybridized carbons (Fsp3) is 1.00. The van der Waals surface area contributed by atoms with Gasteiger partial charge in [0.25, 0.3) is 0 Å². The molecule has 0 saturated heterocycles. The number of hydrogen-bond donors (Lipinski definition) is 1. The van der Waals surface area contributed by atoms with E-state index in [0.29, 0.717) is 22.7 Å². The van der Waals surface area contributed by atoms with E-state index in [2.05, 4.69) is 27.7 Å². The highest BCUT2D eigenvalue weighted by molar-refractivity contribution is 5.17. The molecule has 1 heteroatoms. The van der Waals surface area contributed by atoms with Crippen molar-refractivity contribution in [1.82, 2.24) is 0 Å². The summed E-state index contributed by atoms with van der Waals surface area (Å²) in [5.74, 6) is 1.87. The highest BCUT2D eigenvalue weighted by Gasteiger charge is 2.67. The van der Waals surface area contributed by atoms with Crippen molar-refractivity contribution in [3.05, 3.63) is 0 Å². The van der Waals surface area contributed by atoms with E-state index < -0.39 is 0 Å². The highest BCUT2D eigenvalue weighted by Crippen LogP contribution is 2.71. The predicted octanol–water partition coefficient (Wildman–Crippen LogP) is 3.61. The molecule has 92 valence electrons. The Morgan fingerprint density at radius 2 is 1.75 bits per heavy atom. The molecule has 3 fully saturated rings. The van der Waals surface area contributed by atoms with E-state index in [1.807, 2.05) is 0 Å². The summed E-state index contributed by atoms with van der Waals surface area (Å²) in [6, 6.07) is 0. The third-order valence-corrected chi connectivity index (χ3v) is 6.42. The Bertz CT molecular complexity index is 321. The van der Waals surface area contributed by atoms with Gasteiger partial charge in [0.2, 0.25) is 0 Å². The minimum Gasteiger partial charge on any atom is -0.389 e. The molecule has 1 N–H and O–H groups in total. The minimum atomic E-state index is -0.328. The summed E-state index contributed by atoms with van der Waals surface area (Å²) in [5, 5.41) is 11.1. The van der Waals surface area contributed by atoms with Crippen LogP contribution in [0.2, 0.25) is 0 Å². The van der Waals surface area contributed by atoms with Crippen LogP contribution in [-0.4, -0.2) is 10.7 Å². The molecule has 0 spiro atoms. The molecule has 5 unspecified atom stereocenters. The number of rotatable bonds is 0. The predicted molar refractivity (Wildman–Crippen MR) is 66.1 cm³/mol. The average molecular weight is 222 g/mol. The maximum Gasteiger partial charge on any atom is 0.0709 e. The number of hydrogen-bond acceptors (Lipinski definition) is 1. The third kappa shape index (κ3) is 1.11. The Morgan fingerprint density at radius 3 is 2.44 bits per heavy atom. The third-order valence-electron chi connectivity index (χ3n) is 6.42. The van der Waals surface area contributed by atoms with Crippen LogP contribution in [0.25, 0.3) is 0 Å². The molecule has 0 aromatic carbocycles. The van der Waals surface area contributed by atoms with E-state index in [-0.39, 0.29) is 5.60 Å². The first-order chi connectivity index (χ1) is 7.30. The van der Waals surface area contributed by atoms with E-state index in [1.54, 1.807) is 0 Å². The molecule has 1 nitrogen and oxygen atoms in total. The molecule has 0 aromatic rings. The molecule has 3 aliphatic carbocycles. The van der Waals surface area contributed by atoms with Crippen LogP contribution in [0.4, 0.5) is 0 Å². The zero-order valence-electron chi connectivity index (χ0n) is 11.2. The lowest BCUT2D eigenvalue weighted by atomic mass is 9.61. The van der Waals surface area contributed by atoms with Gasteiger partial charge < -0.3 is 5.11 Å². The van der Waals surface area contributed by atoms with Gasteiger partial charge in [0.15, 0.2) is 0 Å². The van der Waals surface area contributed by atoms with Crippen molar-refractivity contribution >= 4 is 0 Å². The standard InChI is InChI=1S/C15H26O/c1-10-5-6-11-12-14(4,9-13(11,2)3)7-8-15(10,12)16/h10-12,16H,5-9H2,1-4H3. The first kappa shape index (κ1) is 11.1. The summed E-state index contributed by atoms with van der Waals surface area (Å²) in [5.41, 5.74) is 0.553. The molecule has 0 bridgehead atoms. The molecule has 3 saturated carbocycles. The smallest absolute Gasteiger partial charge is 0.0709 e. The Hall–Kier alpha value is -0.0400. The van der Waals surface area contributed by atoms with E-state index in [0.717, 1.165) is 12.3 Å². The van der Waals surface area contributed by atoms with Gasteiger partial charge in [0.1, 0.15) is 0 Å². The summed E-state index contributed by atoms with van der Waals surface area (Å²) in [6.07, 6.45) is 6.21. The first-order valence-corrected chi connectivity index (χ1v) is 7.02. The average Bonchev–Trinajstić information content (AvgIpc) is 2.53. The normalized spacial score (nSPS) is 58.7. The summed E-state index contributed by atoms with van der Waals surface area (Å²) >= 11 is 0. The van der Waals surface area contributed by atoms with Gasteiger partial charge in [-0.05, 0) is 60.7 Å². The number of aliphatic hydroxyl groups is 1. The summed E-state index contributed by atoms with van der Waals surface area (Å²) in [7, 11) is 0. The van der Waals surface area contributed by atoms with Gasteiger partial charge in [-0.15, -0.1) is 0 Å². The summed E-state index contributed by atoms with van der Waals surface area (Å²) < 4.78 is 0. The summed E-state index contributed by atoms with van der Waals surface area (Å²) in [6.45, 7) is 9.57. The van der Waals surface area contributed by atoms with Crippen LogP contribution in [0, 0.1) is 28.6 Å². The molecule has 0 heterocycles. The van der Waals surface area contributed by atoms with Crippen molar-refractivity contribution in [2.45, 2.75) is 65.4 Å².